The second-order valence-electron chi connectivity index (χ2n) is 33.2. The van der Waals surface area contributed by atoms with Gasteiger partial charge in [0.2, 0.25) is 0 Å². The molecule has 0 fully saturated rings. The van der Waals surface area contributed by atoms with Crippen LogP contribution < -0.4 is 24.9 Å². The Bertz CT molecular complexity index is 7370. The van der Waals surface area contributed by atoms with Gasteiger partial charge in [0.05, 0.1) is 18.2 Å². The van der Waals surface area contributed by atoms with Crippen molar-refractivity contribution < 1.29 is 9.07 Å². The minimum Gasteiger partial charge on any atom is -0.356 e. The number of aldehydes is 1. The zero-order chi connectivity index (χ0) is 96.9. The molecule has 0 saturated heterocycles. The van der Waals surface area contributed by atoms with E-state index in [0.717, 1.165) is 102 Å². The van der Waals surface area contributed by atoms with Crippen molar-refractivity contribution in [1.29, 1.82) is 5.26 Å². The highest BCUT2D eigenvalue weighted by Crippen LogP contribution is 2.42. The summed E-state index contributed by atoms with van der Waals surface area (Å²) in [5.74, 6) is 0. The van der Waals surface area contributed by atoms with Crippen LogP contribution in [0.2, 0.25) is 0 Å². The largest absolute Gasteiger partial charge is 0.356 e. The summed E-state index contributed by atoms with van der Waals surface area (Å²) in [7, 11) is 0. The van der Waals surface area contributed by atoms with Gasteiger partial charge >= 0.3 is 0 Å². The first kappa shape index (κ1) is 99.8. The summed E-state index contributed by atoms with van der Waals surface area (Å²) in [6.07, 6.45) is 8.68. The number of hydrogen-bond acceptors (Lipinski definition) is 7. The number of rotatable bonds is 24. The SMILES string of the molecule is Brc1ccc(-c2ccccc2)cc1.C.O=Cc1ccc(N(c2ccccc2)c2ccc(-c3ccccc3)cc2)cc1.[2HH].[2HH].[B].[C-]#[N+]c1cc(/C=C/c2ccc(N(c3ccccc3)c3ccc(-c4ccccc4)cc3)cc2)c(C#N)cc1/C=C/c1ccc(N(c2ccccc2)c2ccc(-c3ccccc3)cc2)cc1.[HH].c1ccc(-c2ccc(N(c3ccccc3)c3ccccc3)cc2)cc1.c1ccc(Nc2ccccc2)cc1. The molecule has 10 heteroatoms. The van der Waals surface area contributed by atoms with Gasteiger partial charge in [0.1, 0.15) is 6.29 Å². The molecule has 0 aliphatic rings. The number of nitriles is 1. The fourth-order valence-corrected chi connectivity index (χ4v) is 16.8. The molecule has 21 rings (SSSR count). The lowest BCUT2D eigenvalue weighted by molar-refractivity contribution is 0.112. The molecular formula is C134H110BBrN7O. The molecule has 21 aromatic carbocycles. The third kappa shape index (κ3) is 27.0. The van der Waals surface area contributed by atoms with Crippen molar-refractivity contribution in [3.8, 4) is 61.7 Å². The standard InChI is InChI=1S/C60H42N4.C25H19NO.C24H19N.C12H9Br.C12H11N.CH4.B.3H2/c1-62-60-43-51(28-22-45-24-34-56(35-25-45)63(54-18-10-4-11-19-54)58-38-30-49(31-39-58)47-14-6-2-7-15-47)53(44-61)42-52(60)29-23-46-26-36-57(37-27-46)64(55-20-12-5-13-21-55)59-40-32-50(33-41-59)48-16-8-3-9-17-48;27-19-20-11-15-24(16-12-20)26(23-9-5-2-6-10-23)25-17-13-22(14-18-25)21-7-3-1-4-8-21;1-4-10-20(11-5-1)21-16-18-24(19-17-21)25(22-12-6-2-7-13-22)23-14-8-3-9-15-23;13-12-8-6-11(7-9-12)10-4-2-1-3-5-10;1-3-7-11(8-4-1)13-12-9-5-2-6-10-12;;;;;/h2-43H;1-19H;1-19H;1-9H;1-10,13H;1H4;;3*1H/b28-22+,29-23+;;;;;;;;;/i;;;;;;;2*1+1;. The molecule has 697 valence electrons. The second kappa shape index (κ2) is 51.6. The lowest BCUT2D eigenvalue weighted by atomic mass is 10.0. The molecule has 3 radical (unpaired) electrons. The molecule has 0 unspecified atom stereocenters. The number of carbonyl (C=O) groups is 1. The van der Waals surface area contributed by atoms with Crippen LogP contribution in [-0.4, -0.2) is 14.7 Å². The first-order valence-corrected chi connectivity index (χ1v) is 47.8. The first-order valence-electron chi connectivity index (χ1n) is 47.0. The summed E-state index contributed by atoms with van der Waals surface area (Å²) in [6.45, 7) is 8.02. The Labute approximate surface area is 862 Å². The van der Waals surface area contributed by atoms with Crippen LogP contribution in [0.1, 0.15) is 49.9 Å². The molecule has 0 aliphatic carbocycles. The summed E-state index contributed by atoms with van der Waals surface area (Å²) in [5.41, 5.74) is 32.2. The van der Waals surface area contributed by atoms with Crippen molar-refractivity contribution in [3.63, 3.8) is 0 Å². The predicted octanol–water partition coefficient (Wildman–Crippen LogP) is 38.7. The number of para-hydroxylation sites is 7. The van der Waals surface area contributed by atoms with Crippen LogP contribution in [0.15, 0.2) is 575 Å². The molecule has 0 spiro atoms. The van der Waals surface area contributed by atoms with Crippen molar-refractivity contribution >= 4 is 140 Å². The van der Waals surface area contributed by atoms with Gasteiger partial charge in [-0.1, -0.05) is 412 Å². The molecule has 0 heterocycles. The maximum absolute atomic E-state index is 11.0. The van der Waals surface area contributed by atoms with Crippen molar-refractivity contribution in [3.05, 3.63) is 620 Å². The van der Waals surface area contributed by atoms with Gasteiger partial charge in [-0.05, 0) is 284 Å². The van der Waals surface area contributed by atoms with Gasteiger partial charge in [-0.3, -0.25) is 4.79 Å². The van der Waals surface area contributed by atoms with E-state index in [0.29, 0.717) is 27.9 Å². The summed E-state index contributed by atoms with van der Waals surface area (Å²) in [6, 6.07) is 197. The van der Waals surface area contributed by atoms with Crippen LogP contribution in [-0.2, 0) is 0 Å². The van der Waals surface area contributed by atoms with Crippen LogP contribution in [0, 0.1) is 17.9 Å². The summed E-state index contributed by atoms with van der Waals surface area (Å²) >= 11 is 3.42. The van der Waals surface area contributed by atoms with Crippen LogP contribution in [0.25, 0.3) is 84.8 Å². The van der Waals surface area contributed by atoms with E-state index in [1.54, 1.807) is 12.1 Å². The summed E-state index contributed by atoms with van der Waals surface area (Å²) in [5, 5.41) is 13.5. The Balaban J connectivity index is 0.000000189. The van der Waals surface area contributed by atoms with Crippen molar-refractivity contribution in [2.75, 3.05) is 24.9 Å². The van der Waals surface area contributed by atoms with Crippen LogP contribution in [0.5, 0.6) is 0 Å². The van der Waals surface area contributed by atoms with E-state index in [-0.39, 0.29) is 20.1 Å². The molecule has 1 N–H and O–H groups in total. The maximum atomic E-state index is 11.0. The Morgan fingerprint density at radius 1 is 0.250 bits per heavy atom. The van der Waals surface area contributed by atoms with Gasteiger partial charge in [-0.15, -0.1) is 0 Å². The minimum atomic E-state index is 0. The number of nitrogens with one attached hydrogen (secondary N) is 1. The van der Waals surface area contributed by atoms with Gasteiger partial charge in [0, 0.05) is 102 Å². The molecule has 0 saturated carbocycles. The Kier molecular flexibility index (Phi) is 35.8. The van der Waals surface area contributed by atoms with Crippen LogP contribution in [0.3, 0.4) is 0 Å². The van der Waals surface area contributed by atoms with E-state index < -0.39 is 0 Å². The van der Waals surface area contributed by atoms with E-state index in [4.69, 9.17) is 6.57 Å². The van der Waals surface area contributed by atoms with Gasteiger partial charge in [0.15, 0.2) is 5.69 Å². The minimum absolute atomic E-state index is 0. The van der Waals surface area contributed by atoms with Gasteiger partial charge < -0.3 is 24.9 Å². The van der Waals surface area contributed by atoms with Crippen molar-refractivity contribution in [2.45, 2.75) is 7.43 Å². The molecule has 0 bridgehead atoms. The van der Waals surface area contributed by atoms with Gasteiger partial charge in [0.25, 0.3) is 0 Å². The normalized spacial score (nSPS) is 10.4. The Morgan fingerprint density at radius 3 is 0.674 bits per heavy atom. The van der Waals surface area contributed by atoms with E-state index in [1.165, 1.54) is 55.6 Å². The Morgan fingerprint density at radius 2 is 0.444 bits per heavy atom. The van der Waals surface area contributed by atoms with Crippen LogP contribution >= 0.6 is 15.9 Å². The summed E-state index contributed by atoms with van der Waals surface area (Å²) in [4.78, 5) is 23.8. The average molecular weight is 1930 g/mol. The highest BCUT2D eigenvalue weighted by Gasteiger charge is 2.19. The first-order chi connectivity index (χ1) is 70.2. The molecule has 0 aliphatic heterocycles. The molecule has 0 amide bonds. The number of halogens is 1. The fourth-order valence-electron chi connectivity index (χ4n) is 16.5. The number of carbonyl (C=O) groups excluding carboxylic acids is 1. The average Bonchev–Trinajstić information content (AvgIpc) is 0.808. The topological polar surface area (TPSA) is 70.2 Å². The highest BCUT2D eigenvalue weighted by molar-refractivity contribution is 9.10. The van der Waals surface area contributed by atoms with E-state index in [9.17, 15) is 10.1 Å². The van der Waals surface area contributed by atoms with E-state index in [1.807, 2.05) is 218 Å². The molecular weight excluding hydrogens is 1810 g/mol. The Hall–Kier alpha value is -18.7. The van der Waals surface area contributed by atoms with Gasteiger partial charge in [-0.25, -0.2) is 4.85 Å². The third-order valence-electron chi connectivity index (χ3n) is 23.7. The van der Waals surface area contributed by atoms with Gasteiger partial charge in [-0.2, -0.15) is 5.26 Å². The van der Waals surface area contributed by atoms with E-state index in [2.05, 4.69) is 416 Å². The monoisotopic (exact) mass is 1920 g/mol. The highest BCUT2D eigenvalue weighted by atomic mass is 79.9. The number of benzene rings is 21. The third-order valence-corrected chi connectivity index (χ3v) is 24.3. The van der Waals surface area contributed by atoms with Crippen molar-refractivity contribution in [2.24, 2.45) is 0 Å². The molecule has 8 nitrogen and oxygen atoms in total. The predicted molar refractivity (Wildman–Crippen MR) is 621 cm³/mol. The lowest BCUT2D eigenvalue weighted by Crippen LogP contribution is -2.09. The molecule has 0 aromatic heterocycles. The van der Waals surface area contributed by atoms with Crippen molar-refractivity contribution in [1.82, 2.24) is 0 Å². The van der Waals surface area contributed by atoms with E-state index >= 15 is 0 Å². The molecule has 144 heavy (non-hydrogen) atoms. The van der Waals surface area contributed by atoms with Crippen LogP contribution in [0.4, 0.5) is 85.3 Å². The smallest absolute Gasteiger partial charge is 0.194 e. The molecule has 21 aromatic rings. The lowest BCUT2D eigenvalue weighted by Gasteiger charge is -2.25. The fraction of sp³-hybridized carbons (Fsp3) is 0.00746. The number of nitrogens with zero attached hydrogens (tertiary/aromatic N) is 6. The second-order valence-corrected chi connectivity index (χ2v) is 34.1. The zero-order valence-electron chi connectivity index (χ0n) is 78.7. The number of anilines is 14. The summed E-state index contributed by atoms with van der Waals surface area (Å²) < 4.78 is 1.12. The maximum Gasteiger partial charge on any atom is 0.194 e. The zero-order valence-corrected chi connectivity index (χ0v) is 80.3. The quantitative estimate of drug-likeness (QED) is 0.0280. The number of hydrogen-bond donors (Lipinski definition) is 1. The molecule has 0 atom stereocenters.